The van der Waals surface area contributed by atoms with E-state index in [1.807, 2.05) is 30.3 Å². The monoisotopic (exact) mass is 301 g/mol. The molecule has 1 saturated heterocycles. The summed E-state index contributed by atoms with van der Waals surface area (Å²) in [5.74, 6) is 0.946. The molecule has 0 aliphatic carbocycles. The zero-order valence-corrected chi connectivity index (χ0v) is 13.6. The average Bonchev–Trinajstić information content (AvgIpc) is 2.99. The third-order valence-corrected chi connectivity index (χ3v) is 4.25. The molecular formula is C18H27N3O. The standard InChI is InChI=1S/C9H20N2.C9H7NO/c1-3-11(2)8-9-4-6-10-7-5-9;11-6-8-5-7-3-1-2-4-9(7)10-8/h9-10H,3-8H2,1-2H3;1-6,10H. The third-order valence-electron chi connectivity index (χ3n) is 4.25. The van der Waals surface area contributed by atoms with Gasteiger partial charge >= 0.3 is 0 Å². The number of nitrogens with one attached hydrogen (secondary N) is 2. The van der Waals surface area contributed by atoms with Crippen LogP contribution in [0, 0.1) is 5.92 Å². The van der Waals surface area contributed by atoms with E-state index in [9.17, 15) is 4.79 Å². The number of piperidine rings is 1. The second-order valence-corrected chi connectivity index (χ2v) is 5.98. The summed E-state index contributed by atoms with van der Waals surface area (Å²) in [6.07, 6.45) is 3.55. The van der Waals surface area contributed by atoms with Crippen LogP contribution in [0.3, 0.4) is 0 Å². The number of fused-ring (bicyclic) bond motifs is 1. The van der Waals surface area contributed by atoms with E-state index in [1.165, 1.54) is 39.0 Å². The maximum atomic E-state index is 10.3. The molecule has 4 heteroatoms. The lowest BCUT2D eigenvalue weighted by molar-refractivity contribution is 0.112. The largest absolute Gasteiger partial charge is 0.352 e. The quantitative estimate of drug-likeness (QED) is 0.854. The maximum absolute atomic E-state index is 10.3. The van der Waals surface area contributed by atoms with Crippen LogP contribution in [0.25, 0.3) is 10.9 Å². The number of aromatic nitrogens is 1. The van der Waals surface area contributed by atoms with Crippen molar-refractivity contribution in [3.63, 3.8) is 0 Å². The van der Waals surface area contributed by atoms with Crippen molar-refractivity contribution in [1.82, 2.24) is 15.2 Å². The molecule has 0 bridgehead atoms. The number of para-hydroxylation sites is 1. The fraction of sp³-hybridized carbons (Fsp3) is 0.500. The number of H-pyrrole nitrogens is 1. The number of benzene rings is 1. The Hall–Kier alpha value is -1.65. The summed E-state index contributed by atoms with van der Waals surface area (Å²) in [4.78, 5) is 15.7. The molecule has 22 heavy (non-hydrogen) atoms. The second-order valence-electron chi connectivity index (χ2n) is 5.98. The van der Waals surface area contributed by atoms with Gasteiger partial charge < -0.3 is 15.2 Å². The van der Waals surface area contributed by atoms with Crippen molar-refractivity contribution in [2.24, 2.45) is 5.92 Å². The van der Waals surface area contributed by atoms with Crippen LogP contribution >= 0.6 is 0 Å². The van der Waals surface area contributed by atoms with Gasteiger partial charge in [-0.3, -0.25) is 4.79 Å². The summed E-state index contributed by atoms with van der Waals surface area (Å²) >= 11 is 0. The smallest absolute Gasteiger partial charge is 0.166 e. The highest BCUT2D eigenvalue weighted by molar-refractivity contribution is 5.87. The molecule has 0 unspecified atom stereocenters. The van der Waals surface area contributed by atoms with Crippen LogP contribution in [-0.4, -0.2) is 49.4 Å². The first kappa shape index (κ1) is 16.7. The van der Waals surface area contributed by atoms with E-state index in [1.54, 1.807) is 0 Å². The van der Waals surface area contributed by atoms with Crippen molar-refractivity contribution in [3.8, 4) is 0 Å². The summed E-state index contributed by atoms with van der Waals surface area (Å²) in [5.41, 5.74) is 1.64. The Balaban J connectivity index is 0.000000160. The molecule has 1 aromatic carbocycles. The van der Waals surface area contributed by atoms with Crippen LogP contribution in [0.2, 0.25) is 0 Å². The van der Waals surface area contributed by atoms with Crippen LogP contribution in [0.15, 0.2) is 30.3 Å². The summed E-state index contributed by atoms with van der Waals surface area (Å²) in [7, 11) is 2.21. The molecule has 0 spiro atoms. The van der Waals surface area contributed by atoms with Crippen LogP contribution in [-0.2, 0) is 0 Å². The van der Waals surface area contributed by atoms with E-state index in [-0.39, 0.29) is 0 Å². The molecule has 2 aromatic rings. The summed E-state index contributed by atoms with van der Waals surface area (Å²) < 4.78 is 0. The van der Waals surface area contributed by atoms with Gasteiger partial charge in [0, 0.05) is 17.4 Å². The lowest BCUT2D eigenvalue weighted by Crippen LogP contribution is -2.34. The number of hydrogen-bond acceptors (Lipinski definition) is 3. The molecule has 2 N–H and O–H groups in total. The van der Waals surface area contributed by atoms with Crippen molar-refractivity contribution < 1.29 is 4.79 Å². The van der Waals surface area contributed by atoms with Gasteiger partial charge in [-0.05, 0) is 57.6 Å². The summed E-state index contributed by atoms with van der Waals surface area (Å²) in [5, 5.41) is 4.47. The highest BCUT2D eigenvalue weighted by Gasteiger charge is 2.13. The molecule has 1 aliphatic heterocycles. The molecule has 0 atom stereocenters. The zero-order chi connectivity index (χ0) is 15.8. The van der Waals surface area contributed by atoms with E-state index in [0.717, 1.165) is 23.1 Å². The van der Waals surface area contributed by atoms with Crippen LogP contribution in [0.1, 0.15) is 30.3 Å². The van der Waals surface area contributed by atoms with Crippen LogP contribution in [0.5, 0.6) is 0 Å². The Bertz CT molecular complexity index is 539. The number of carbonyl (C=O) groups is 1. The molecule has 1 fully saturated rings. The van der Waals surface area contributed by atoms with Crippen LogP contribution < -0.4 is 5.32 Å². The van der Waals surface area contributed by atoms with Crippen molar-refractivity contribution in [2.45, 2.75) is 19.8 Å². The summed E-state index contributed by atoms with van der Waals surface area (Å²) in [6.45, 7) is 7.15. The number of carbonyl (C=O) groups excluding carboxylic acids is 1. The van der Waals surface area contributed by atoms with Crippen molar-refractivity contribution in [3.05, 3.63) is 36.0 Å². The highest BCUT2D eigenvalue weighted by atomic mass is 16.1. The third kappa shape index (κ3) is 4.97. The normalized spacial score (nSPS) is 15.6. The zero-order valence-electron chi connectivity index (χ0n) is 13.6. The summed E-state index contributed by atoms with van der Waals surface area (Å²) in [6, 6.07) is 9.64. The SMILES string of the molecule is CCN(C)CC1CCNCC1.O=Cc1cc2ccccc2[nH]1. The molecule has 1 aliphatic rings. The molecule has 0 radical (unpaired) electrons. The first-order valence-corrected chi connectivity index (χ1v) is 8.15. The number of aldehydes is 1. The van der Waals surface area contributed by atoms with Gasteiger partial charge in [-0.2, -0.15) is 0 Å². The lowest BCUT2D eigenvalue weighted by Gasteiger charge is -2.26. The fourth-order valence-corrected chi connectivity index (χ4v) is 2.79. The van der Waals surface area contributed by atoms with Gasteiger partial charge in [0.25, 0.3) is 0 Å². The first-order valence-electron chi connectivity index (χ1n) is 8.15. The predicted molar refractivity (Wildman–Crippen MR) is 92.5 cm³/mol. The number of rotatable bonds is 4. The molecule has 1 aromatic heterocycles. The lowest BCUT2D eigenvalue weighted by atomic mass is 9.98. The van der Waals surface area contributed by atoms with Crippen molar-refractivity contribution in [2.75, 3.05) is 33.2 Å². The topological polar surface area (TPSA) is 48.1 Å². The van der Waals surface area contributed by atoms with E-state index < -0.39 is 0 Å². The Kier molecular flexibility index (Phi) is 6.62. The minimum atomic E-state index is 0.631. The van der Waals surface area contributed by atoms with Gasteiger partial charge in [0.15, 0.2) is 6.29 Å². The molecule has 3 rings (SSSR count). The highest BCUT2D eigenvalue weighted by Crippen LogP contribution is 2.13. The minimum Gasteiger partial charge on any atom is -0.352 e. The number of nitrogens with zero attached hydrogens (tertiary/aromatic N) is 1. The molecular weight excluding hydrogens is 274 g/mol. The van der Waals surface area contributed by atoms with E-state index in [0.29, 0.717) is 5.69 Å². The molecule has 0 saturated carbocycles. The maximum Gasteiger partial charge on any atom is 0.166 e. The van der Waals surface area contributed by atoms with Crippen LogP contribution in [0.4, 0.5) is 0 Å². The Morgan fingerprint density at radius 1 is 1.27 bits per heavy atom. The average molecular weight is 301 g/mol. The Morgan fingerprint density at radius 2 is 2.00 bits per heavy atom. The molecule has 120 valence electrons. The van der Waals surface area contributed by atoms with Gasteiger partial charge in [-0.25, -0.2) is 0 Å². The van der Waals surface area contributed by atoms with Gasteiger partial charge in [0.2, 0.25) is 0 Å². The van der Waals surface area contributed by atoms with Gasteiger partial charge in [0.1, 0.15) is 0 Å². The predicted octanol–water partition coefficient (Wildman–Crippen LogP) is 2.92. The second kappa shape index (κ2) is 8.71. The number of hydrogen-bond donors (Lipinski definition) is 2. The van der Waals surface area contributed by atoms with E-state index in [4.69, 9.17) is 0 Å². The van der Waals surface area contributed by atoms with Gasteiger partial charge in [-0.1, -0.05) is 25.1 Å². The van der Waals surface area contributed by atoms with Gasteiger partial charge in [0.05, 0.1) is 5.69 Å². The fourth-order valence-electron chi connectivity index (χ4n) is 2.79. The number of aromatic amines is 1. The van der Waals surface area contributed by atoms with Crippen molar-refractivity contribution in [1.29, 1.82) is 0 Å². The van der Waals surface area contributed by atoms with Crippen molar-refractivity contribution >= 4 is 17.2 Å². The van der Waals surface area contributed by atoms with E-state index in [2.05, 4.69) is 29.2 Å². The van der Waals surface area contributed by atoms with Gasteiger partial charge in [-0.15, -0.1) is 0 Å². The molecule has 2 heterocycles. The minimum absolute atomic E-state index is 0.631. The van der Waals surface area contributed by atoms with E-state index >= 15 is 0 Å². The Labute approximate surface area is 132 Å². The first-order chi connectivity index (χ1) is 10.7. The Morgan fingerprint density at radius 3 is 2.64 bits per heavy atom. The molecule has 0 amide bonds. The molecule has 4 nitrogen and oxygen atoms in total.